The maximum absolute atomic E-state index is 13.5. The molecule has 5 nitrogen and oxygen atoms in total. The molecule has 0 unspecified atom stereocenters. The van der Waals surface area contributed by atoms with Gasteiger partial charge in [-0.25, -0.2) is 17.6 Å². The molecule has 1 fully saturated rings. The van der Waals surface area contributed by atoms with Crippen LogP contribution in [0.15, 0.2) is 36.7 Å². The second-order valence-electron chi connectivity index (χ2n) is 7.29. The lowest BCUT2D eigenvalue weighted by Gasteiger charge is -2.35. The summed E-state index contributed by atoms with van der Waals surface area (Å²) >= 11 is 0. The average Bonchev–Trinajstić information content (AvgIpc) is 3.06. The van der Waals surface area contributed by atoms with Crippen LogP contribution in [0.4, 0.5) is 23.2 Å². The largest absolute Gasteiger partial charge is 0.384 e. The van der Waals surface area contributed by atoms with Crippen molar-refractivity contribution < 1.29 is 27.5 Å². The molecule has 3 N–H and O–H groups in total. The number of aliphatic hydroxyl groups is 1. The smallest absolute Gasteiger partial charge is 0.257 e. The van der Waals surface area contributed by atoms with Gasteiger partial charge in [-0.1, -0.05) is 0 Å². The number of anilines is 1. The van der Waals surface area contributed by atoms with Crippen LogP contribution in [0.1, 0.15) is 41.7 Å². The first-order chi connectivity index (χ1) is 13.7. The van der Waals surface area contributed by atoms with Crippen molar-refractivity contribution in [3.8, 4) is 0 Å². The highest BCUT2D eigenvalue weighted by Crippen LogP contribution is 2.43. The van der Waals surface area contributed by atoms with E-state index in [0.29, 0.717) is 10.9 Å². The van der Waals surface area contributed by atoms with Crippen molar-refractivity contribution in [1.82, 2.24) is 9.97 Å². The summed E-state index contributed by atoms with van der Waals surface area (Å²) in [7, 11) is 0. The molecule has 4 rings (SSSR count). The van der Waals surface area contributed by atoms with Crippen LogP contribution in [-0.4, -0.2) is 26.9 Å². The van der Waals surface area contributed by atoms with E-state index in [4.69, 9.17) is 0 Å². The fourth-order valence-electron chi connectivity index (χ4n) is 3.50. The predicted molar refractivity (Wildman–Crippen MR) is 97.7 cm³/mol. The zero-order valence-electron chi connectivity index (χ0n) is 15.1. The highest BCUT2D eigenvalue weighted by Gasteiger charge is 2.43. The zero-order valence-corrected chi connectivity index (χ0v) is 15.1. The molecule has 0 atom stereocenters. The summed E-state index contributed by atoms with van der Waals surface area (Å²) in [5.41, 5.74) is -0.468. The number of nitrogens with one attached hydrogen (secondary N) is 2. The molecule has 2 aromatic heterocycles. The Labute approximate surface area is 162 Å². The molecule has 1 aliphatic carbocycles. The molecular weight excluding hydrogens is 390 g/mol. The quantitative estimate of drug-likeness (QED) is 0.560. The summed E-state index contributed by atoms with van der Waals surface area (Å²) in [5, 5.41) is 13.5. The lowest BCUT2D eigenvalue weighted by atomic mass is 9.80. The number of aromatic amines is 1. The molecule has 1 saturated carbocycles. The maximum atomic E-state index is 13.5. The minimum absolute atomic E-state index is 0.115. The molecule has 0 radical (unpaired) electrons. The van der Waals surface area contributed by atoms with Gasteiger partial charge in [-0.3, -0.25) is 9.78 Å². The van der Waals surface area contributed by atoms with Crippen LogP contribution >= 0.6 is 0 Å². The van der Waals surface area contributed by atoms with Gasteiger partial charge in [0.25, 0.3) is 5.91 Å². The number of hydrogen-bond donors (Lipinski definition) is 3. The van der Waals surface area contributed by atoms with Crippen LogP contribution < -0.4 is 5.32 Å². The molecule has 3 aromatic rings. The third-order valence-corrected chi connectivity index (χ3v) is 5.28. The molecule has 0 spiro atoms. The number of fused-ring (bicyclic) bond motifs is 1. The first kappa shape index (κ1) is 19.4. The Morgan fingerprint density at radius 1 is 1.10 bits per heavy atom. The fourth-order valence-corrected chi connectivity index (χ4v) is 3.50. The van der Waals surface area contributed by atoms with Crippen molar-refractivity contribution in [2.75, 3.05) is 5.32 Å². The lowest BCUT2D eigenvalue weighted by Crippen LogP contribution is -2.37. The highest BCUT2D eigenvalue weighted by atomic mass is 19.3. The zero-order chi connectivity index (χ0) is 20.8. The van der Waals surface area contributed by atoms with Gasteiger partial charge < -0.3 is 15.4 Å². The number of pyridine rings is 1. The van der Waals surface area contributed by atoms with Gasteiger partial charge in [0.2, 0.25) is 5.92 Å². The van der Waals surface area contributed by atoms with Gasteiger partial charge >= 0.3 is 0 Å². The Balaban J connectivity index is 1.51. The number of benzene rings is 1. The Bertz CT molecular complexity index is 1070. The number of rotatable bonds is 3. The molecule has 2 heterocycles. The SMILES string of the molecule is O=C(Nc1c[nH]c2cc(F)c(F)cc12)c1ccc(C2(O)CCC(F)(F)CC2)nc1. The van der Waals surface area contributed by atoms with Crippen molar-refractivity contribution in [2.24, 2.45) is 0 Å². The topological polar surface area (TPSA) is 78.0 Å². The molecule has 0 saturated heterocycles. The van der Waals surface area contributed by atoms with E-state index in [0.717, 1.165) is 12.1 Å². The second-order valence-corrected chi connectivity index (χ2v) is 7.29. The van der Waals surface area contributed by atoms with E-state index in [1.165, 1.54) is 24.5 Å². The summed E-state index contributed by atoms with van der Waals surface area (Å²) < 4.78 is 53.5. The summed E-state index contributed by atoms with van der Waals surface area (Å²) in [6.07, 6.45) is 1.57. The standard InChI is InChI=1S/C20H17F4N3O2/c21-13-7-12-15(8-14(13)22)25-10-16(12)27-18(28)11-1-2-17(26-9-11)19(29)3-5-20(23,24)6-4-19/h1-2,7-10,25,29H,3-6H2,(H,27,28). The lowest BCUT2D eigenvalue weighted by molar-refractivity contribution is -0.108. The number of carbonyl (C=O) groups is 1. The third kappa shape index (κ3) is 3.69. The first-order valence-corrected chi connectivity index (χ1v) is 9.01. The number of carbonyl (C=O) groups excluding carboxylic acids is 1. The molecule has 0 bridgehead atoms. The van der Waals surface area contributed by atoms with Crippen molar-refractivity contribution in [2.45, 2.75) is 37.2 Å². The van der Waals surface area contributed by atoms with Gasteiger partial charge in [-0.05, 0) is 31.0 Å². The molecule has 0 aliphatic heterocycles. The Morgan fingerprint density at radius 2 is 1.79 bits per heavy atom. The van der Waals surface area contributed by atoms with Crippen molar-refractivity contribution in [3.05, 3.63) is 59.6 Å². The van der Waals surface area contributed by atoms with Crippen LogP contribution in [0.25, 0.3) is 10.9 Å². The fraction of sp³-hybridized carbons (Fsp3) is 0.300. The molecule has 1 aromatic carbocycles. The number of hydrogen-bond acceptors (Lipinski definition) is 3. The molecule has 1 amide bonds. The minimum Gasteiger partial charge on any atom is -0.384 e. The van der Waals surface area contributed by atoms with E-state index >= 15 is 0 Å². The van der Waals surface area contributed by atoms with E-state index in [-0.39, 0.29) is 29.8 Å². The average molecular weight is 407 g/mol. The number of nitrogens with zero attached hydrogens (tertiary/aromatic N) is 1. The monoisotopic (exact) mass is 407 g/mol. The number of amides is 1. The number of H-pyrrole nitrogens is 1. The van der Waals surface area contributed by atoms with Crippen molar-refractivity contribution in [1.29, 1.82) is 0 Å². The van der Waals surface area contributed by atoms with Crippen LogP contribution in [0.5, 0.6) is 0 Å². The Hall–Kier alpha value is -2.94. The number of aromatic nitrogens is 2. The van der Waals surface area contributed by atoms with Gasteiger partial charge in [-0.15, -0.1) is 0 Å². The first-order valence-electron chi connectivity index (χ1n) is 9.01. The predicted octanol–water partition coefficient (Wildman–Crippen LogP) is 4.49. The normalized spacial score (nSPS) is 18.0. The van der Waals surface area contributed by atoms with Crippen LogP contribution in [0, 0.1) is 11.6 Å². The second kappa shape index (κ2) is 6.84. The summed E-state index contributed by atoms with van der Waals surface area (Å²) in [6.45, 7) is 0. The molecule has 9 heteroatoms. The van der Waals surface area contributed by atoms with E-state index in [9.17, 15) is 27.5 Å². The van der Waals surface area contributed by atoms with Gasteiger partial charge in [0.1, 0.15) is 5.60 Å². The summed E-state index contributed by atoms with van der Waals surface area (Å²) in [5.74, 6) is -5.37. The van der Waals surface area contributed by atoms with E-state index < -0.39 is 41.9 Å². The van der Waals surface area contributed by atoms with Gasteiger partial charge in [0.05, 0.1) is 22.5 Å². The highest BCUT2D eigenvalue weighted by molar-refractivity contribution is 6.08. The van der Waals surface area contributed by atoms with Gasteiger partial charge in [0, 0.05) is 36.7 Å². The molecular formula is C20H17F4N3O2. The Morgan fingerprint density at radius 3 is 2.45 bits per heavy atom. The third-order valence-electron chi connectivity index (χ3n) is 5.28. The Kier molecular flexibility index (Phi) is 4.57. The summed E-state index contributed by atoms with van der Waals surface area (Å²) in [6, 6.07) is 4.83. The van der Waals surface area contributed by atoms with Crippen molar-refractivity contribution in [3.63, 3.8) is 0 Å². The van der Waals surface area contributed by atoms with Crippen molar-refractivity contribution >= 4 is 22.5 Å². The minimum atomic E-state index is -2.78. The van der Waals surface area contributed by atoms with E-state index in [1.807, 2.05) is 0 Å². The van der Waals surface area contributed by atoms with E-state index in [2.05, 4.69) is 15.3 Å². The maximum Gasteiger partial charge on any atom is 0.257 e. The number of alkyl halides is 2. The van der Waals surface area contributed by atoms with E-state index in [1.54, 1.807) is 0 Å². The van der Waals surface area contributed by atoms with Gasteiger partial charge in [0.15, 0.2) is 11.6 Å². The number of halogens is 4. The van der Waals surface area contributed by atoms with Crippen LogP contribution in [0.3, 0.4) is 0 Å². The molecule has 29 heavy (non-hydrogen) atoms. The van der Waals surface area contributed by atoms with Crippen LogP contribution in [-0.2, 0) is 5.60 Å². The summed E-state index contributed by atoms with van der Waals surface area (Å²) in [4.78, 5) is 19.3. The molecule has 152 valence electrons. The van der Waals surface area contributed by atoms with Crippen LogP contribution in [0.2, 0.25) is 0 Å². The van der Waals surface area contributed by atoms with Gasteiger partial charge in [-0.2, -0.15) is 0 Å². The molecule has 1 aliphatic rings.